The Hall–Kier alpha value is -2.41. The summed E-state index contributed by atoms with van der Waals surface area (Å²) >= 11 is 0. The summed E-state index contributed by atoms with van der Waals surface area (Å²) in [5.74, 6) is 0. The fourth-order valence-corrected chi connectivity index (χ4v) is 1.91. The van der Waals surface area contributed by atoms with E-state index in [1.807, 2.05) is 54.7 Å². The summed E-state index contributed by atoms with van der Waals surface area (Å²) in [6.07, 6.45) is 1.90. The van der Waals surface area contributed by atoms with Gasteiger partial charge in [-0.1, -0.05) is 60.7 Å². The predicted octanol–water partition coefficient (Wildman–Crippen LogP) is 4.22. The Balaban J connectivity index is 1.95. The molecule has 0 amide bonds. The molecule has 3 rings (SSSR count). The SMILES string of the molecule is [c]1ccccc1-c1ccc(-c2ccccc2)nc1. The van der Waals surface area contributed by atoms with Crippen LogP contribution in [-0.2, 0) is 0 Å². The third kappa shape index (κ3) is 2.16. The number of benzene rings is 2. The van der Waals surface area contributed by atoms with Gasteiger partial charge < -0.3 is 0 Å². The minimum atomic E-state index is 0.996. The lowest BCUT2D eigenvalue weighted by Gasteiger charge is -2.03. The molecule has 0 saturated carbocycles. The Morgan fingerprint density at radius 1 is 0.722 bits per heavy atom. The van der Waals surface area contributed by atoms with Crippen LogP contribution in [0, 0.1) is 6.07 Å². The van der Waals surface area contributed by atoms with E-state index >= 15 is 0 Å². The first-order valence-electron chi connectivity index (χ1n) is 5.92. The minimum absolute atomic E-state index is 0.996. The molecule has 85 valence electrons. The quantitative estimate of drug-likeness (QED) is 0.642. The lowest BCUT2D eigenvalue weighted by atomic mass is 10.1. The van der Waals surface area contributed by atoms with Gasteiger partial charge >= 0.3 is 0 Å². The number of nitrogens with zero attached hydrogens (tertiary/aromatic N) is 1. The van der Waals surface area contributed by atoms with Gasteiger partial charge in [-0.05, 0) is 17.7 Å². The average Bonchev–Trinajstić information content (AvgIpc) is 2.49. The zero-order valence-electron chi connectivity index (χ0n) is 9.88. The number of pyridine rings is 1. The largest absolute Gasteiger partial charge is 0.256 e. The third-order valence-corrected chi connectivity index (χ3v) is 2.85. The van der Waals surface area contributed by atoms with Crippen molar-refractivity contribution in [2.45, 2.75) is 0 Å². The maximum Gasteiger partial charge on any atom is 0.0702 e. The molecule has 3 aromatic rings. The van der Waals surface area contributed by atoms with Gasteiger partial charge in [-0.3, -0.25) is 4.98 Å². The topological polar surface area (TPSA) is 12.9 Å². The van der Waals surface area contributed by atoms with E-state index in [0.717, 1.165) is 22.4 Å². The van der Waals surface area contributed by atoms with Crippen molar-refractivity contribution in [3.8, 4) is 22.4 Å². The van der Waals surface area contributed by atoms with Crippen molar-refractivity contribution >= 4 is 0 Å². The van der Waals surface area contributed by atoms with Crippen molar-refractivity contribution in [2.75, 3.05) is 0 Å². The Bertz CT molecular complexity index is 554. The molecule has 1 radical (unpaired) electrons. The van der Waals surface area contributed by atoms with Gasteiger partial charge in [0.1, 0.15) is 0 Å². The van der Waals surface area contributed by atoms with E-state index in [9.17, 15) is 0 Å². The number of hydrogen-bond acceptors (Lipinski definition) is 1. The fourth-order valence-electron chi connectivity index (χ4n) is 1.91. The molecule has 0 saturated heterocycles. The Morgan fingerprint density at radius 3 is 2.22 bits per heavy atom. The first-order chi connectivity index (χ1) is 8.93. The maximum atomic E-state index is 4.51. The molecule has 18 heavy (non-hydrogen) atoms. The van der Waals surface area contributed by atoms with Crippen LogP contribution in [-0.4, -0.2) is 4.98 Å². The van der Waals surface area contributed by atoms with Gasteiger partial charge in [-0.15, -0.1) is 0 Å². The van der Waals surface area contributed by atoms with Crippen molar-refractivity contribution < 1.29 is 0 Å². The van der Waals surface area contributed by atoms with Crippen molar-refractivity contribution in [2.24, 2.45) is 0 Å². The molecule has 2 aromatic carbocycles. The predicted molar refractivity (Wildman–Crippen MR) is 73.9 cm³/mol. The molecular formula is C17H12N. The molecule has 1 nitrogen and oxygen atoms in total. The van der Waals surface area contributed by atoms with Crippen LogP contribution in [0.1, 0.15) is 0 Å². The molecule has 1 aromatic heterocycles. The van der Waals surface area contributed by atoms with Crippen LogP contribution in [0.3, 0.4) is 0 Å². The Labute approximate surface area is 107 Å². The smallest absolute Gasteiger partial charge is 0.0702 e. The number of aromatic nitrogens is 1. The second-order valence-electron chi connectivity index (χ2n) is 4.07. The van der Waals surface area contributed by atoms with Crippen LogP contribution in [0.4, 0.5) is 0 Å². The Morgan fingerprint density at radius 2 is 1.56 bits per heavy atom. The highest BCUT2D eigenvalue weighted by Gasteiger charge is 2.00. The first kappa shape index (κ1) is 10.7. The summed E-state index contributed by atoms with van der Waals surface area (Å²) < 4.78 is 0. The second-order valence-corrected chi connectivity index (χ2v) is 4.07. The van der Waals surface area contributed by atoms with Crippen LogP contribution in [0.25, 0.3) is 22.4 Å². The van der Waals surface area contributed by atoms with Gasteiger partial charge in [-0.2, -0.15) is 0 Å². The first-order valence-corrected chi connectivity index (χ1v) is 5.92. The molecule has 1 heteroatoms. The molecule has 0 aliphatic heterocycles. The van der Waals surface area contributed by atoms with Gasteiger partial charge in [0, 0.05) is 17.3 Å². The van der Waals surface area contributed by atoms with E-state index in [1.165, 1.54) is 0 Å². The second kappa shape index (κ2) is 4.84. The van der Waals surface area contributed by atoms with E-state index in [1.54, 1.807) is 0 Å². The molecule has 0 aliphatic rings. The minimum Gasteiger partial charge on any atom is -0.256 e. The van der Waals surface area contributed by atoms with E-state index in [0.29, 0.717) is 0 Å². The normalized spacial score (nSPS) is 10.2. The summed E-state index contributed by atoms with van der Waals surface area (Å²) in [5.41, 5.74) is 4.30. The lowest BCUT2D eigenvalue weighted by Crippen LogP contribution is -1.84. The summed E-state index contributed by atoms with van der Waals surface area (Å²) in [6.45, 7) is 0. The highest BCUT2D eigenvalue weighted by molar-refractivity contribution is 5.66. The lowest BCUT2D eigenvalue weighted by molar-refractivity contribution is 1.32. The summed E-state index contributed by atoms with van der Waals surface area (Å²) in [6, 6.07) is 25.5. The van der Waals surface area contributed by atoms with Crippen LogP contribution >= 0.6 is 0 Å². The van der Waals surface area contributed by atoms with Crippen LogP contribution in [0.15, 0.2) is 72.9 Å². The highest BCUT2D eigenvalue weighted by Crippen LogP contribution is 2.21. The highest BCUT2D eigenvalue weighted by atomic mass is 14.7. The van der Waals surface area contributed by atoms with Crippen molar-refractivity contribution in [1.29, 1.82) is 0 Å². The zero-order valence-corrected chi connectivity index (χ0v) is 9.88. The van der Waals surface area contributed by atoms with Gasteiger partial charge in [0.05, 0.1) is 5.69 Å². The molecule has 1 heterocycles. The molecule has 0 atom stereocenters. The molecule has 0 N–H and O–H groups in total. The van der Waals surface area contributed by atoms with Crippen molar-refractivity contribution in [3.63, 3.8) is 0 Å². The summed E-state index contributed by atoms with van der Waals surface area (Å²) in [4.78, 5) is 4.51. The van der Waals surface area contributed by atoms with E-state index in [4.69, 9.17) is 0 Å². The maximum absolute atomic E-state index is 4.51. The third-order valence-electron chi connectivity index (χ3n) is 2.85. The van der Waals surface area contributed by atoms with Gasteiger partial charge in [0.15, 0.2) is 0 Å². The van der Waals surface area contributed by atoms with Crippen LogP contribution in [0.5, 0.6) is 0 Å². The molecule has 0 fully saturated rings. The van der Waals surface area contributed by atoms with Crippen LogP contribution in [0.2, 0.25) is 0 Å². The van der Waals surface area contributed by atoms with E-state index in [2.05, 4.69) is 29.2 Å². The molecule has 0 aliphatic carbocycles. The standard InChI is InChI=1S/C17H12N/c1-3-7-14(8-4-1)16-11-12-17(18-13-16)15-9-5-2-6-10-15/h1-7,9-13H. The molecular weight excluding hydrogens is 218 g/mol. The van der Waals surface area contributed by atoms with Gasteiger partial charge in [0.2, 0.25) is 0 Å². The van der Waals surface area contributed by atoms with Crippen LogP contribution < -0.4 is 0 Å². The number of rotatable bonds is 2. The average molecular weight is 230 g/mol. The summed E-state index contributed by atoms with van der Waals surface area (Å²) in [5, 5.41) is 0. The van der Waals surface area contributed by atoms with E-state index < -0.39 is 0 Å². The summed E-state index contributed by atoms with van der Waals surface area (Å²) in [7, 11) is 0. The molecule has 0 bridgehead atoms. The fraction of sp³-hybridized carbons (Fsp3) is 0. The van der Waals surface area contributed by atoms with Gasteiger partial charge in [-0.25, -0.2) is 0 Å². The van der Waals surface area contributed by atoms with E-state index in [-0.39, 0.29) is 0 Å². The van der Waals surface area contributed by atoms with Crippen molar-refractivity contribution in [1.82, 2.24) is 4.98 Å². The molecule has 0 spiro atoms. The monoisotopic (exact) mass is 230 g/mol. The van der Waals surface area contributed by atoms with Gasteiger partial charge in [0.25, 0.3) is 0 Å². The number of hydrogen-bond donors (Lipinski definition) is 0. The zero-order chi connectivity index (χ0) is 12.2. The van der Waals surface area contributed by atoms with Crippen molar-refractivity contribution in [3.05, 3.63) is 79.0 Å². The molecule has 0 unspecified atom stereocenters. The Kier molecular flexibility index (Phi) is 2.89.